The van der Waals surface area contributed by atoms with Gasteiger partial charge in [-0.1, -0.05) is 12.0 Å². The van der Waals surface area contributed by atoms with Crippen LogP contribution in [0.1, 0.15) is 30.0 Å². The van der Waals surface area contributed by atoms with E-state index < -0.39 is 15.1 Å². The number of piperidine rings is 1. The van der Waals surface area contributed by atoms with E-state index in [4.69, 9.17) is 6.42 Å². The Morgan fingerprint density at radius 1 is 1.11 bits per heavy atom. The quantitative estimate of drug-likeness (QED) is 0.266. The van der Waals surface area contributed by atoms with E-state index >= 15 is 0 Å². The first-order valence-electron chi connectivity index (χ1n) is 12.3. The standard InChI is InChI=1S/C29H25FN4O3S/c1-4-18-5-6-22-25(12-18)32-29-27(22)28(35)24-11-17(2)23(19-13-21(16-31-15-19)38(30,36)37)14-26(24)34(29)20-7-9-33(3)10-8-20/h1,5-6,11-16,20,32H,7-10H2,2-3H3. The molecule has 0 radical (unpaired) electrons. The van der Waals surface area contributed by atoms with Crippen LogP contribution in [0.3, 0.4) is 0 Å². The number of H-pyrrole nitrogens is 1. The highest BCUT2D eigenvalue weighted by Crippen LogP contribution is 2.36. The van der Waals surface area contributed by atoms with Crippen molar-refractivity contribution in [1.82, 2.24) is 19.4 Å². The molecule has 4 heterocycles. The molecule has 0 saturated carbocycles. The van der Waals surface area contributed by atoms with Gasteiger partial charge in [0.15, 0.2) is 5.43 Å². The molecule has 1 fully saturated rings. The second-order valence-corrected chi connectivity index (χ2v) is 11.4. The molecule has 5 aromatic rings. The Hall–Kier alpha value is -4.00. The van der Waals surface area contributed by atoms with Crippen molar-refractivity contribution in [3.63, 3.8) is 0 Å². The molecule has 0 atom stereocenters. The molecule has 0 unspecified atom stereocenters. The summed E-state index contributed by atoms with van der Waals surface area (Å²) in [5.41, 5.74) is 4.79. The van der Waals surface area contributed by atoms with Gasteiger partial charge in [0.25, 0.3) is 0 Å². The number of aromatic amines is 1. The maximum atomic E-state index is 14.0. The van der Waals surface area contributed by atoms with Crippen LogP contribution in [0.25, 0.3) is 44.0 Å². The first-order chi connectivity index (χ1) is 18.2. The molecular weight excluding hydrogens is 503 g/mol. The maximum absolute atomic E-state index is 14.0. The first-order valence-corrected chi connectivity index (χ1v) is 13.7. The van der Waals surface area contributed by atoms with Gasteiger partial charge in [-0.25, -0.2) is 0 Å². The SMILES string of the molecule is C#Cc1ccc2c(c1)[nH]c1c2c(=O)c2cc(C)c(-c3cncc(S(=O)(=O)F)c3)cc2n1C1CCN(C)CC1. The van der Waals surface area contributed by atoms with Crippen molar-refractivity contribution in [3.05, 3.63) is 70.1 Å². The average molecular weight is 529 g/mol. The second-order valence-electron chi connectivity index (χ2n) is 10.0. The third-order valence-corrected chi connectivity index (χ3v) is 8.41. The monoisotopic (exact) mass is 528 g/mol. The number of likely N-dealkylation sites (tertiary alicyclic amines) is 1. The molecule has 0 bridgehead atoms. The molecule has 1 N–H and O–H groups in total. The predicted molar refractivity (Wildman–Crippen MR) is 148 cm³/mol. The molecule has 38 heavy (non-hydrogen) atoms. The maximum Gasteiger partial charge on any atom is 0.333 e. The van der Waals surface area contributed by atoms with Crippen molar-refractivity contribution in [2.75, 3.05) is 20.1 Å². The number of pyridine rings is 2. The lowest BCUT2D eigenvalue weighted by atomic mass is 9.97. The smallest absolute Gasteiger partial charge is 0.333 e. The van der Waals surface area contributed by atoms with Gasteiger partial charge in [0, 0.05) is 45.9 Å². The summed E-state index contributed by atoms with van der Waals surface area (Å²) in [7, 11) is -2.82. The summed E-state index contributed by atoms with van der Waals surface area (Å²) < 4.78 is 39.1. The van der Waals surface area contributed by atoms with Gasteiger partial charge in [-0.05, 0) is 81.4 Å². The van der Waals surface area contributed by atoms with Crippen LogP contribution in [0.4, 0.5) is 3.89 Å². The minimum absolute atomic E-state index is 0.0910. The molecule has 6 rings (SSSR count). The van der Waals surface area contributed by atoms with E-state index in [1.807, 2.05) is 37.3 Å². The van der Waals surface area contributed by atoms with E-state index in [-0.39, 0.29) is 11.5 Å². The van der Waals surface area contributed by atoms with Crippen molar-refractivity contribution in [2.24, 2.45) is 0 Å². The number of benzene rings is 2. The number of fused-ring (bicyclic) bond motifs is 4. The van der Waals surface area contributed by atoms with E-state index in [1.165, 1.54) is 12.3 Å². The van der Waals surface area contributed by atoms with Crippen molar-refractivity contribution in [3.8, 4) is 23.5 Å². The lowest BCUT2D eigenvalue weighted by Crippen LogP contribution is -2.32. The van der Waals surface area contributed by atoms with Crippen molar-refractivity contribution in [2.45, 2.75) is 30.7 Å². The van der Waals surface area contributed by atoms with Gasteiger partial charge in [-0.2, -0.15) is 8.42 Å². The molecule has 1 aliphatic heterocycles. The Balaban J connectivity index is 1.71. The second kappa shape index (κ2) is 8.79. The first kappa shape index (κ1) is 24.3. The molecule has 0 aliphatic carbocycles. The Labute approximate surface area is 219 Å². The normalized spacial score (nSPS) is 15.4. The molecule has 9 heteroatoms. The molecule has 1 saturated heterocycles. The number of aryl methyl sites for hydroxylation is 1. The zero-order valence-corrected chi connectivity index (χ0v) is 21.8. The van der Waals surface area contributed by atoms with Crippen molar-refractivity contribution < 1.29 is 12.3 Å². The number of aromatic nitrogens is 3. The van der Waals surface area contributed by atoms with Gasteiger partial charge in [-0.15, -0.1) is 10.3 Å². The number of terminal acetylenes is 1. The third kappa shape index (κ3) is 3.88. The van der Waals surface area contributed by atoms with E-state index in [0.29, 0.717) is 21.9 Å². The van der Waals surface area contributed by atoms with Gasteiger partial charge in [-0.3, -0.25) is 9.78 Å². The van der Waals surface area contributed by atoms with Crippen LogP contribution in [-0.4, -0.2) is 48.0 Å². The Morgan fingerprint density at radius 2 is 1.87 bits per heavy atom. The summed E-state index contributed by atoms with van der Waals surface area (Å²) in [5.74, 6) is 2.66. The largest absolute Gasteiger partial charge is 0.340 e. The lowest BCUT2D eigenvalue weighted by Gasteiger charge is -2.32. The number of nitrogens with one attached hydrogen (secondary N) is 1. The molecule has 1 aliphatic rings. The Bertz CT molecular complexity index is 1980. The predicted octanol–water partition coefficient (Wildman–Crippen LogP) is 4.91. The number of nitrogens with zero attached hydrogens (tertiary/aromatic N) is 3. The van der Waals surface area contributed by atoms with Gasteiger partial charge in [0.05, 0.1) is 10.9 Å². The Morgan fingerprint density at radius 3 is 2.58 bits per heavy atom. The minimum Gasteiger partial charge on any atom is -0.340 e. The zero-order chi connectivity index (χ0) is 26.8. The van der Waals surface area contributed by atoms with Gasteiger partial charge < -0.3 is 14.5 Å². The van der Waals surface area contributed by atoms with Crippen LogP contribution in [-0.2, 0) is 10.2 Å². The van der Waals surface area contributed by atoms with Crippen LogP contribution in [0.15, 0.2) is 58.5 Å². The average Bonchev–Trinajstić information content (AvgIpc) is 3.28. The van der Waals surface area contributed by atoms with Crippen LogP contribution in [0.2, 0.25) is 0 Å². The minimum atomic E-state index is -4.92. The molecular formula is C29H25FN4O3S. The van der Waals surface area contributed by atoms with Crippen LogP contribution < -0.4 is 5.43 Å². The highest BCUT2D eigenvalue weighted by Gasteiger charge is 2.25. The fourth-order valence-corrected chi connectivity index (χ4v) is 6.11. The number of rotatable bonds is 3. The highest BCUT2D eigenvalue weighted by molar-refractivity contribution is 7.86. The zero-order valence-electron chi connectivity index (χ0n) is 21.0. The van der Waals surface area contributed by atoms with Crippen LogP contribution in [0.5, 0.6) is 0 Å². The summed E-state index contributed by atoms with van der Waals surface area (Å²) in [6, 6.07) is 10.7. The molecule has 3 aromatic heterocycles. The number of hydrogen-bond acceptors (Lipinski definition) is 5. The number of halogens is 1. The van der Waals surface area contributed by atoms with E-state index in [0.717, 1.165) is 65.3 Å². The fourth-order valence-electron chi connectivity index (χ4n) is 5.66. The van der Waals surface area contributed by atoms with Gasteiger partial charge in [0.2, 0.25) is 0 Å². The summed E-state index contributed by atoms with van der Waals surface area (Å²) in [5, 5.41) is 2.01. The molecule has 7 nitrogen and oxygen atoms in total. The van der Waals surface area contributed by atoms with Crippen molar-refractivity contribution in [1.29, 1.82) is 0 Å². The van der Waals surface area contributed by atoms with E-state index in [9.17, 15) is 17.1 Å². The van der Waals surface area contributed by atoms with Crippen LogP contribution >= 0.6 is 0 Å². The molecule has 0 amide bonds. The molecule has 2 aromatic carbocycles. The van der Waals surface area contributed by atoms with Gasteiger partial charge in [0.1, 0.15) is 10.5 Å². The summed E-state index contributed by atoms with van der Waals surface area (Å²) in [6.45, 7) is 3.68. The lowest BCUT2D eigenvalue weighted by molar-refractivity contribution is 0.226. The molecule has 0 spiro atoms. The molecule has 192 valence electrons. The summed E-state index contributed by atoms with van der Waals surface area (Å²) in [6.07, 6.45) is 9.92. The van der Waals surface area contributed by atoms with Gasteiger partial charge >= 0.3 is 10.2 Å². The topological polar surface area (TPSA) is 88.1 Å². The Kier molecular flexibility index (Phi) is 5.63. The summed E-state index contributed by atoms with van der Waals surface area (Å²) >= 11 is 0. The number of hydrogen-bond donors (Lipinski definition) is 1. The third-order valence-electron chi connectivity index (χ3n) is 7.62. The van der Waals surface area contributed by atoms with Crippen LogP contribution in [0, 0.1) is 19.3 Å². The van der Waals surface area contributed by atoms with E-state index in [2.05, 4.69) is 32.4 Å². The van der Waals surface area contributed by atoms with Crippen molar-refractivity contribution >= 4 is 43.1 Å². The summed E-state index contributed by atoms with van der Waals surface area (Å²) in [4.78, 5) is 23.2. The van der Waals surface area contributed by atoms with E-state index in [1.54, 1.807) is 0 Å². The fraction of sp³-hybridized carbons (Fsp3) is 0.241. The highest BCUT2D eigenvalue weighted by atomic mass is 32.3.